The first-order valence-electron chi connectivity index (χ1n) is 3.84. The third-order valence-corrected chi connectivity index (χ3v) is 2.63. The molecule has 0 N–H and O–H groups in total. The fourth-order valence-electron chi connectivity index (χ4n) is 0.816. The molecule has 0 aromatic carbocycles. The molecule has 78 valence electrons. The second-order valence-corrected chi connectivity index (χ2v) is 4.23. The van der Waals surface area contributed by atoms with Gasteiger partial charge in [0.15, 0.2) is 0 Å². The van der Waals surface area contributed by atoms with E-state index in [-0.39, 0.29) is 0 Å². The number of rotatable bonds is 5. The van der Waals surface area contributed by atoms with E-state index < -0.39 is 0 Å². The first-order valence-corrected chi connectivity index (χ1v) is 6.27. The fourth-order valence-corrected chi connectivity index (χ4v) is 1.88. The monoisotopic (exact) mass is 297 g/mol. The van der Waals surface area contributed by atoms with Crippen molar-refractivity contribution >= 4 is 37.6 Å². The van der Waals surface area contributed by atoms with Crippen LogP contribution in [0.5, 0.6) is 5.75 Å². The molecule has 0 aliphatic rings. The molecular formula is C8H9BrClNO2S. The summed E-state index contributed by atoms with van der Waals surface area (Å²) >= 11 is 3.27. The molecular weight excluding hydrogens is 290 g/mol. The van der Waals surface area contributed by atoms with Crippen molar-refractivity contribution in [1.82, 2.24) is 4.98 Å². The van der Waals surface area contributed by atoms with Gasteiger partial charge in [0.2, 0.25) is 0 Å². The van der Waals surface area contributed by atoms with Gasteiger partial charge < -0.3 is 9.47 Å². The number of pyridine rings is 1. The molecule has 0 bridgehead atoms. The van der Waals surface area contributed by atoms with Gasteiger partial charge in [0, 0.05) is 30.2 Å². The number of nitrogens with zero attached hydrogens (tertiary/aromatic N) is 1. The minimum absolute atomic E-state index is 0.513. The van der Waals surface area contributed by atoms with Crippen molar-refractivity contribution in [3.8, 4) is 5.75 Å². The molecule has 1 heterocycles. The van der Waals surface area contributed by atoms with Crippen LogP contribution in [-0.2, 0) is 4.74 Å². The Bertz CT molecular complexity index is 301. The van der Waals surface area contributed by atoms with Gasteiger partial charge >= 0.3 is 0 Å². The molecule has 0 aliphatic carbocycles. The predicted octanol–water partition coefficient (Wildman–Crippen LogP) is 3.12. The Labute approximate surface area is 99.8 Å². The largest absolute Gasteiger partial charge is 0.491 e. The number of methoxy groups -OCH3 is 1. The lowest BCUT2D eigenvalue weighted by Gasteiger charge is -2.06. The smallest absolute Gasteiger partial charge is 0.124 e. The first-order chi connectivity index (χ1) is 6.76. The van der Waals surface area contributed by atoms with Crippen LogP contribution >= 0.6 is 37.6 Å². The zero-order valence-corrected chi connectivity index (χ0v) is 10.7. The summed E-state index contributed by atoms with van der Waals surface area (Å²) in [4.78, 5) is 4.12. The van der Waals surface area contributed by atoms with Gasteiger partial charge in [-0.1, -0.05) is 0 Å². The highest BCUT2D eigenvalue weighted by Gasteiger charge is 2.01. The minimum Gasteiger partial charge on any atom is -0.491 e. The maximum absolute atomic E-state index is 5.59. The van der Waals surface area contributed by atoms with Crippen LogP contribution in [0.25, 0.3) is 0 Å². The lowest BCUT2D eigenvalue weighted by molar-refractivity contribution is 0.146. The van der Waals surface area contributed by atoms with Gasteiger partial charge in [-0.15, -0.1) is 0 Å². The van der Waals surface area contributed by atoms with Crippen molar-refractivity contribution in [2.24, 2.45) is 0 Å². The van der Waals surface area contributed by atoms with E-state index in [1.54, 1.807) is 19.2 Å². The van der Waals surface area contributed by atoms with Crippen molar-refractivity contribution in [3.05, 3.63) is 16.7 Å². The zero-order chi connectivity index (χ0) is 10.4. The SMILES string of the molecule is COCCOc1cc(Br)nc(SCl)c1. The summed E-state index contributed by atoms with van der Waals surface area (Å²) in [5.74, 6) is 0.729. The second-order valence-electron chi connectivity index (χ2n) is 2.38. The van der Waals surface area contributed by atoms with Crippen LogP contribution in [0.15, 0.2) is 21.8 Å². The fraction of sp³-hybridized carbons (Fsp3) is 0.375. The molecule has 0 saturated carbocycles. The number of aromatic nitrogens is 1. The Morgan fingerprint density at radius 3 is 2.93 bits per heavy atom. The van der Waals surface area contributed by atoms with E-state index in [1.165, 1.54) is 0 Å². The van der Waals surface area contributed by atoms with Crippen molar-refractivity contribution in [2.45, 2.75) is 5.03 Å². The lowest BCUT2D eigenvalue weighted by atomic mass is 10.4. The second kappa shape index (κ2) is 6.50. The van der Waals surface area contributed by atoms with Gasteiger partial charge in [0.05, 0.1) is 6.61 Å². The normalized spacial score (nSPS) is 10.2. The molecule has 0 aliphatic heterocycles. The Balaban J connectivity index is 2.62. The van der Waals surface area contributed by atoms with Crippen LogP contribution in [0.4, 0.5) is 0 Å². The maximum atomic E-state index is 5.59. The molecule has 0 radical (unpaired) electrons. The summed E-state index contributed by atoms with van der Waals surface area (Å²) in [5, 5.41) is 0.702. The standard InChI is InChI=1S/C8H9BrClNO2S/c1-12-2-3-13-6-4-7(9)11-8(5-6)14-10/h4-5H,2-3H2,1H3. The summed E-state index contributed by atoms with van der Waals surface area (Å²) in [6.07, 6.45) is 0. The number of halogens is 2. The van der Waals surface area contributed by atoms with Crippen LogP contribution in [-0.4, -0.2) is 25.3 Å². The van der Waals surface area contributed by atoms with E-state index >= 15 is 0 Å². The molecule has 14 heavy (non-hydrogen) atoms. The Morgan fingerprint density at radius 2 is 2.29 bits per heavy atom. The van der Waals surface area contributed by atoms with Crippen LogP contribution in [0.2, 0.25) is 0 Å². The summed E-state index contributed by atoms with van der Waals surface area (Å²) in [5.41, 5.74) is 0. The van der Waals surface area contributed by atoms with E-state index in [4.69, 9.17) is 20.2 Å². The molecule has 0 unspecified atom stereocenters. The molecule has 1 rings (SSSR count). The van der Waals surface area contributed by atoms with E-state index in [0.717, 1.165) is 16.7 Å². The zero-order valence-electron chi connectivity index (χ0n) is 7.50. The van der Waals surface area contributed by atoms with Gasteiger partial charge in [-0.25, -0.2) is 4.98 Å². The number of hydrogen-bond acceptors (Lipinski definition) is 4. The topological polar surface area (TPSA) is 31.4 Å². The highest BCUT2D eigenvalue weighted by Crippen LogP contribution is 2.26. The number of hydrogen-bond donors (Lipinski definition) is 0. The summed E-state index contributed by atoms with van der Waals surface area (Å²) in [6, 6.07) is 3.56. The minimum atomic E-state index is 0.513. The summed E-state index contributed by atoms with van der Waals surface area (Å²) in [6.45, 7) is 1.07. The quantitative estimate of drug-likeness (QED) is 0.617. The van der Waals surface area contributed by atoms with E-state index in [1.807, 2.05) is 0 Å². The molecule has 1 aromatic rings. The maximum Gasteiger partial charge on any atom is 0.124 e. The molecule has 0 spiro atoms. The average Bonchev–Trinajstić information content (AvgIpc) is 2.17. The molecule has 3 nitrogen and oxygen atoms in total. The van der Waals surface area contributed by atoms with Crippen molar-refractivity contribution in [2.75, 3.05) is 20.3 Å². The first kappa shape index (κ1) is 12.1. The Morgan fingerprint density at radius 1 is 1.50 bits per heavy atom. The van der Waals surface area contributed by atoms with Gasteiger partial charge in [0.1, 0.15) is 22.0 Å². The average molecular weight is 299 g/mol. The highest BCUT2D eigenvalue weighted by atomic mass is 79.9. The Hall–Kier alpha value is 0.0300. The van der Waals surface area contributed by atoms with E-state index in [9.17, 15) is 0 Å². The Kier molecular flexibility index (Phi) is 5.62. The van der Waals surface area contributed by atoms with Crippen LogP contribution < -0.4 is 4.74 Å². The van der Waals surface area contributed by atoms with Crippen molar-refractivity contribution in [1.29, 1.82) is 0 Å². The molecule has 0 fully saturated rings. The van der Waals surface area contributed by atoms with Crippen molar-refractivity contribution in [3.63, 3.8) is 0 Å². The van der Waals surface area contributed by atoms with Gasteiger partial charge in [-0.2, -0.15) is 0 Å². The molecule has 6 heteroatoms. The predicted molar refractivity (Wildman–Crippen MR) is 61.0 cm³/mol. The third kappa shape index (κ3) is 4.04. The van der Waals surface area contributed by atoms with Crippen LogP contribution in [0, 0.1) is 0 Å². The summed E-state index contributed by atoms with van der Waals surface area (Å²) in [7, 11) is 8.27. The van der Waals surface area contributed by atoms with Crippen LogP contribution in [0.1, 0.15) is 0 Å². The van der Waals surface area contributed by atoms with Gasteiger partial charge in [-0.3, -0.25) is 0 Å². The lowest BCUT2D eigenvalue weighted by Crippen LogP contribution is -2.04. The summed E-state index contributed by atoms with van der Waals surface area (Å²) < 4.78 is 11.0. The van der Waals surface area contributed by atoms with E-state index in [2.05, 4.69) is 20.9 Å². The van der Waals surface area contributed by atoms with Crippen LogP contribution in [0.3, 0.4) is 0 Å². The van der Waals surface area contributed by atoms with Gasteiger partial charge in [0.25, 0.3) is 0 Å². The third-order valence-electron chi connectivity index (χ3n) is 1.38. The molecule has 0 saturated heterocycles. The van der Waals surface area contributed by atoms with Gasteiger partial charge in [-0.05, 0) is 26.6 Å². The highest BCUT2D eigenvalue weighted by molar-refractivity contribution is 9.10. The van der Waals surface area contributed by atoms with E-state index in [0.29, 0.717) is 22.8 Å². The number of ether oxygens (including phenoxy) is 2. The molecule has 1 aromatic heterocycles. The van der Waals surface area contributed by atoms with Crippen molar-refractivity contribution < 1.29 is 9.47 Å². The molecule has 0 amide bonds. The molecule has 0 atom stereocenters.